The van der Waals surface area contributed by atoms with Crippen LogP contribution in [-0.2, 0) is 10.2 Å². The van der Waals surface area contributed by atoms with Crippen molar-refractivity contribution in [3.63, 3.8) is 0 Å². The van der Waals surface area contributed by atoms with E-state index in [9.17, 15) is 4.79 Å². The molecule has 98 valence electrons. The van der Waals surface area contributed by atoms with Gasteiger partial charge in [0.15, 0.2) is 0 Å². The zero-order chi connectivity index (χ0) is 13.0. The molecule has 0 unspecified atom stereocenters. The van der Waals surface area contributed by atoms with Crippen LogP contribution in [0.1, 0.15) is 63.0 Å². The first-order valence-electron chi connectivity index (χ1n) is 7.29. The molecule has 1 nitrogen and oxygen atoms in total. The molecule has 1 aliphatic carbocycles. The number of rotatable bonds is 6. The summed E-state index contributed by atoms with van der Waals surface area (Å²) in [6, 6.07) is 8.59. The first-order chi connectivity index (χ1) is 8.69. The van der Waals surface area contributed by atoms with Gasteiger partial charge in [-0.1, -0.05) is 56.0 Å². The molecule has 0 spiro atoms. The number of carbonyl (C=O) groups excluding carboxylic acids is 1. The van der Waals surface area contributed by atoms with Crippen molar-refractivity contribution in [2.75, 3.05) is 0 Å². The molecule has 1 aromatic rings. The third-order valence-electron chi connectivity index (χ3n) is 4.35. The fourth-order valence-corrected chi connectivity index (χ4v) is 2.91. The fourth-order valence-electron chi connectivity index (χ4n) is 2.91. The zero-order valence-corrected chi connectivity index (χ0v) is 11.7. The Morgan fingerprint density at radius 3 is 2.33 bits per heavy atom. The first kappa shape index (κ1) is 13.3. The van der Waals surface area contributed by atoms with E-state index in [2.05, 4.69) is 38.1 Å². The Hall–Kier alpha value is -1.11. The van der Waals surface area contributed by atoms with Crippen LogP contribution in [0.15, 0.2) is 24.3 Å². The summed E-state index contributed by atoms with van der Waals surface area (Å²) < 4.78 is 0. The maximum Gasteiger partial charge on any atom is 0.143 e. The summed E-state index contributed by atoms with van der Waals surface area (Å²) in [5, 5.41) is 0. The van der Waals surface area contributed by atoms with Crippen molar-refractivity contribution in [2.24, 2.45) is 0 Å². The molecule has 0 aromatic heterocycles. The Kier molecular flexibility index (Phi) is 4.21. The van der Waals surface area contributed by atoms with Crippen molar-refractivity contribution in [3.8, 4) is 0 Å². The van der Waals surface area contributed by atoms with E-state index in [0.717, 1.165) is 25.7 Å². The van der Waals surface area contributed by atoms with Gasteiger partial charge in [-0.3, -0.25) is 4.79 Å². The van der Waals surface area contributed by atoms with E-state index >= 15 is 0 Å². The number of hydrogen-bond donors (Lipinski definition) is 0. The largest absolute Gasteiger partial charge is 0.299 e. The minimum Gasteiger partial charge on any atom is -0.299 e. The van der Waals surface area contributed by atoms with Gasteiger partial charge in [0.2, 0.25) is 0 Å². The molecule has 0 atom stereocenters. The first-order valence-corrected chi connectivity index (χ1v) is 7.29. The number of ketones is 1. The number of hydrogen-bond acceptors (Lipinski definition) is 1. The monoisotopic (exact) mass is 244 g/mol. The van der Waals surface area contributed by atoms with Gasteiger partial charge >= 0.3 is 0 Å². The molecule has 1 fully saturated rings. The summed E-state index contributed by atoms with van der Waals surface area (Å²) in [5.74, 6) is 0.478. The van der Waals surface area contributed by atoms with Crippen LogP contribution < -0.4 is 0 Å². The minimum absolute atomic E-state index is 0.124. The van der Waals surface area contributed by atoms with E-state index in [1.165, 1.54) is 30.4 Å². The topological polar surface area (TPSA) is 17.1 Å². The molecular weight excluding hydrogens is 220 g/mol. The molecule has 2 rings (SSSR count). The minimum atomic E-state index is -0.124. The Morgan fingerprint density at radius 2 is 1.83 bits per heavy atom. The second kappa shape index (κ2) is 5.69. The van der Waals surface area contributed by atoms with Gasteiger partial charge in [-0.25, -0.2) is 0 Å². The summed E-state index contributed by atoms with van der Waals surface area (Å²) >= 11 is 0. The zero-order valence-electron chi connectivity index (χ0n) is 11.7. The molecule has 0 amide bonds. The average molecular weight is 244 g/mol. The third-order valence-corrected chi connectivity index (χ3v) is 4.35. The van der Waals surface area contributed by atoms with Gasteiger partial charge in [0.25, 0.3) is 0 Å². The van der Waals surface area contributed by atoms with Crippen molar-refractivity contribution in [1.82, 2.24) is 0 Å². The Labute approximate surface area is 111 Å². The van der Waals surface area contributed by atoms with E-state index in [0.29, 0.717) is 5.78 Å². The Morgan fingerprint density at radius 1 is 1.17 bits per heavy atom. The van der Waals surface area contributed by atoms with Crippen molar-refractivity contribution >= 4 is 5.78 Å². The van der Waals surface area contributed by atoms with Gasteiger partial charge in [0.1, 0.15) is 5.78 Å². The number of benzene rings is 1. The summed E-state index contributed by atoms with van der Waals surface area (Å²) in [4.78, 5) is 12.5. The normalized spacial score (nSPS) is 17.2. The Bertz CT molecular complexity index is 398. The summed E-state index contributed by atoms with van der Waals surface area (Å²) in [6.45, 7) is 4.28. The molecule has 0 saturated heterocycles. The molecule has 0 aliphatic heterocycles. The van der Waals surface area contributed by atoms with Crippen LogP contribution in [0.4, 0.5) is 0 Å². The molecule has 0 N–H and O–H groups in total. The highest BCUT2D eigenvalue weighted by atomic mass is 16.1. The lowest BCUT2D eigenvalue weighted by atomic mass is 9.61. The molecule has 1 saturated carbocycles. The smallest absolute Gasteiger partial charge is 0.143 e. The van der Waals surface area contributed by atoms with Crippen LogP contribution in [0.25, 0.3) is 0 Å². The lowest BCUT2D eigenvalue weighted by Gasteiger charge is -2.41. The molecule has 1 aliphatic rings. The van der Waals surface area contributed by atoms with Crippen molar-refractivity contribution < 1.29 is 4.79 Å². The van der Waals surface area contributed by atoms with E-state index in [4.69, 9.17) is 0 Å². The quantitative estimate of drug-likeness (QED) is 0.670. The van der Waals surface area contributed by atoms with Crippen LogP contribution in [-0.4, -0.2) is 5.78 Å². The van der Waals surface area contributed by atoms with Gasteiger partial charge in [-0.05, 0) is 31.7 Å². The van der Waals surface area contributed by atoms with Gasteiger partial charge in [0.05, 0.1) is 5.41 Å². The highest BCUT2D eigenvalue weighted by Crippen LogP contribution is 2.45. The second-order valence-electron chi connectivity index (χ2n) is 5.68. The SMILES string of the molecule is CCCCCC(=O)C1(c2ccc(C)cc2)CCC1. The molecule has 0 heterocycles. The number of unbranched alkanes of at least 4 members (excludes halogenated alkanes) is 2. The average Bonchev–Trinajstić information content (AvgIpc) is 2.30. The van der Waals surface area contributed by atoms with E-state index < -0.39 is 0 Å². The lowest BCUT2D eigenvalue weighted by molar-refractivity contribution is -0.127. The maximum absolute atomic E-state index is 12.5. The fraction of sp³-hybridized carbons (Fsp3) is 0.588. The van der Waals surface area contributed by atoms with Crippen LogP contribution in [0.3, 0.4) is 0 Å². The van der Waals surface area contributed by atoms with Crippen molar-refractivity contribution in [1.29, 1.82) is 0 Å². The van der Waals surface area contributed by atoms with Crippen LogP contribution in [0.5, 0.6) is 0 Å². The van der Waals surface area contributed by atoms with Crippen molar-refractivity contribution in [3.05, 3.63) is 35.4 Å². The van der Waals surface area contributed by atoms with E-state index in [1.807, 2.05) is 0 Å². The maximum atomic E-state index is 12.5. The predicted molar refractivity (Wildman–Crippen MR) is 75.9 cm³/mol. The third kappa shape index (κ3) is 2.50. The van der Waals surface area contributed by atoms with Crippen LogP contribution in [0.2, 0.25) is 0 Å². The van der Waals surface area contributed by atoms with E-state index in [1.54, 1.807) is 0 Å². The van der Waals surface area contributed by atoms with Crippen LogP contribution in [0, 0.1) is 6.92 Å². The predicted octanol–water partition coefficient (Wildman–Crippen LogP) is 4.57. The highest BCUT2D eigenvalue weighted by Gasteiger charge is 2.44. The standard InChI is InChI=1S/C17H24O/c1-3-4-5-7-16(18)17(12-6-13-17)15-10-8-14(2)9-11-15/h8-11H,3-7,12-13H2,1-2H3. The van der Waals surface area contributed by atoms with Crippen molar-refractivity contribution in [2.45, 2.75) is 64.2 Å². The number of carbonyl (C=O) groups is 1. The second-order valence-corrected chi connectivity index (χ2v) is 5.68. The molecular formula is C17H24O. The van der Waals surface area contributed by atoms with Gasteiger partial charge in [-0.2, -0.15) is 0 Å². The summed E-state index contributed by atoms with van der Waals surface area (Å²) in [7, 11) is 0. The molecule has 1 aromatic carbocycles. The summed E-state index contributed by atoms with van der Waals surface area (Å²) in [5.41, 5.74) is 2.40. The van der Waals surface area contributed by atoms with Gasteiger partial charge in [0, 0.05) is 6.42 Å². The molecule has 1 heteroatoms. The van der Waals surface area contributed by atoms with Crippen LogP contribution >= 0.6 is 0 Å². The molecule has 0 bridgehead atoms. The van der Waals surface area contributed by atoms with Gasteiger partial charge < -0.3 is 0 Å². The van der Waals surface area contributed by atoms with Gasteiger partial charge in [-0.15, -0.1) is 0 Å². The highest BCUT2D eigenvalue weighted by molar-refractivity contribution is 5.91. The summed E-state index contributed by atoms with van der Waals surface area (Å²) in [6.07, 6.45) is 7.50. The van der Waals surface area contributed by atoms with E-state index in [-0.39, 0.29) is 5.41 Å². The lowest BCUT2D eigenvalue weighted by Crippen LogP contribution is -2.42. The number of aryl methyl sites for hydroxylation is 1. The number of Topliss-reactive ketones (excluding diaryl/α,β-unsaturated/α-hetero) is 1. The molecule has 0 radical (unpaired) electrons. The molecule has 18 heavy (non-hydrogen) atoms. The Balaban J connectivity index is 2.10.